The van der Waals surface area contributed by atoms with E-state index in [1.165, 1.54) is 0 Å². The maximum Gasteiger partial charge on any atom is 0.340 e. The molecule has 1 N–H and O–H groups in total. The van der Waals surface area contributed by atoms with Gasteiger partial charge in [0.25, 0.3) is 5.91 Å². The lowest BCUT2D eigenvalue weighted by Crippen LogP contribution is -2.28. The number of ether oxygens (including phenoxy) is 2. The summed E-state index contributed by atoms with van der Waals surface area (Å²) in [5.74, 6) is -0.143. The van der Waals surface area contributed by atoms with Crippen LogP contribution in [0.5, 0.6) is 5.75 Å². The minimum Gasteiger partial charge on any atom is -0.497 e. The molecule has 3 rings (SSSR count). The third-order valence-electron chi connectivity index (χ3n) is 4.75. The number of esters is 1. The Labute approximate surface area is 169 Å². The Morgan fingerprint density at radius 1 is 1.07 bits per heavy atom. The maximum atomic E-state index is 12.7. The second-order valence-electron chi connectivity index (χ2n) is 6.63. The first-order valence-corrected chi connectivity index (χ1v) is 9.48. The number of hydrogen-bond acceptors (Lipinski definition) is 5. The number of amides is 1. The Morgan fingerprint density at radius 2 is 1.79 bits per heavy atom. The van der Waals surface area contributed by atoms with Crippen molar-refractivity contribution in [2.24, 2.45) is 0 Å². The van der Waals surface area contributed by atoms with Gasteiger partial charge in [-0.05, 0) is 42.7 Å². The molecular weight excluding hydrogens is 368 g/mol. The molecule has 0 bridgehead atoms. The van der Waals surface area contributed by atoms with E-state index in [0.29, 0.717) is 24.2 Å². The first-order valence-electron chi connectivity index (χ1n) is 9.48. The summed E-state index contributed by atoms with van der Waals surface area (Å²) in [6.07, 6.45) is 0.597. The summed E-state index contributed by atoms with van der Waals surface area (Å²) in [6, 6.07) is 15.0. The molecular formula is C23H24N2O4. The molecule has 2 aromatic carbocycles. The van der Waals surface area contributed by atoms with Crippen molar-refractivity contribution in [2.75, 3.05) is 13.7 Å². The van der Waals surface area contributed by atoms with Crippen molar-refractivity contribution in [3.8, 4) is 5.75 Å². The summed E-state index contributed by atoms with van der Waals surface area (Å²) in [5, 5.41) is 3.65. The highest BCUT2D eigenvalue weighted by Crippen LogP contribution is 2.24. The quantitative estimate of drug-likeness (QED) is 0.622. The number of benzene rings is 2. The van der Waals surface area contributed by atoms with Crippen molar-refractivity contribution in [2.45, 2.75) is 26.8 Å². The molecule has 6 heteroatoms. The second-order valence-corrected chi connectivity index (χ2v) is 6.63. The Morgan fingerprint density at radius 3 is 2.48 bits per heavy atom. The van der Waals surface area contributed by atoms with E-state index in [9.17, 15) is 9.59 Å². The first-order chi connectivity index (χ1) is 14.0. The monoisotopic (exact) mass is 392 g/mol. The highest BCUT2D eigenvalue weighted by atomic mass is 16.5. The van der Waals surface area contributed by atoms with Gasteiger partial charge in [0.1, 0.15) is 5.75 Å². The normalized spacial score (nSPS) is 10.6. The lowest BCUT2D eigenvalue weighted by molar-refractivity contribution is -0.124. The summed E-state index contributed by atoms with van der Waals surface area (Å²) in [5.41, 5.74) is 3.69. The molecule has 0 saturated carbocycles. The van der Waals surface area contributed by atoms with E-state index in [1.54, 1.807) is 7.11 Å². The van der Waals surface area contributed by atoms with Crippen LogP contribution in [-0.2, 0) is 22.5 Å². The van der Waals surface area contributed by atoms with Gasteiger partial charge in [-0.25, -0.2) is 4.79 Å². The SMILES string of the molecule is CCc1nc2ccccc2c(C)c1C(=O)OCC(=O)NCc1ccc(OC)cc1. The predicted octanol–water partition coefficient (Wildman–Crippen LogP) is 3.59. The van der Waals surface area contributed by atoms with E-state index in [-0.39, 0.29) is 12.5 Å². The zero-order valence-electron chi connectivity index (χ0n) is 16.8. The fraction of sp³-hybridized carbons (Fsp3) is 0.261. The van der Waals surface area contributed by atoms with E-state index in [4.69, 9.17) is 9.47 Å². The Bertz CT molecular complexity index is 1030. The van der Waals surface area contributed by atoms with Gasteiger partial charge in [-0.15, -0.1) is 0 Å². The van der Waals surface area contributed by atoms with Crippen molar-refractivity contribution in [1.29, 1.82) is 0 Å². The summed E-state index contributed by atoms with van der Waals surface area (Å²) >= 11 is 0. The highest BCUT2D eigenvalue weighted by Gasteiger charge is 2.20. The van der Waals surface area contributed by atoms with Crippen LogP contribution in [0.1, 0.15) is 34.1 Å². The van der Waals surface area contributed by atoms with Crippen LogP contribution in [0.15, 0.2) is 48.5 Å². The van der Waals surface area contributed by atoms with Crippen LogP contribution in [-0.4, -0.2) is 30.6 Å². The number of para-hydroxylation sites is 1. The number of pyridine rings is 1. The van der Waals surface area contributed by atoms with E-state index in [0.717, 1.165) is 27.8 Å². The standard InChI is InChI=1S/C23H24N2O4/c1-4-19-22(15(2)18-7-5-6-8-20(18)25-19)23(27)29-14-21(26)24-13-16-9-11-17(28-3)12-10-16/h5-12H,4,13-14H2,1-3H3,(H,24,26). The number of hydrogen-bond donors (Lipinski definition) is 1. The van der Waals surface area contributed by atoms with Gasteiger partial charge >= 0.3 is 5.97 Å². The predicted molar refractivity (Wildman–Crippen MR) is 111 cm³/mol. The third-order valence-corrected chi connectivity index (χ3v) is 4.75. The van der Waals surface area contributed by atoms with E-state index >= 15 is 0 Å². The molecule has 29 heavy (non-hydrogen) atoms. The van der Waals surface area contributed by atoms with Crippen LogP contribution >= 0.6 is 0 Å². The molecule has 0 aliphatic carbocycles. The van der Waals surface area contributed by atoms with Crippen LogP contribution in [0.25, 0.3) is 10.9 Å². The molecule has 6 nitrogen and oxygen atoms in total. The van der Waals surface area contributed by atoms with Gasteiger partial charge in [-0.3, -0.25) is 9.78 Å². The van der Waals surface area contributed by atoms with Crippen molar-refractivity contribution in [1.82, 2.24) is 10.3 Å². The molecule has 0 aliphatic heterocycles. The molecule has 1 aromatic heterocycles. The van der Waals surface area contributed by atoms with Gasteiger partial charge in [0.15, 0.2) is 6.61 Å². The van der Waals surface area contributed by atoms with Gasteiger partial charge in [-0.2, -0.15) is 0 Å². The number of aromatic nitrogens is 1. The highest BCUT2D eigenvalue weighted by molar-refractivity contribution is 5.99. The van der Waals surface area contributed by atoms with E-state index < -0.39 is 5.97 Å². The number of aryl methyl sites for hydroxylation is 2. The number of nitrogens with zero attached hydrogens (tertiary/aromatic N) is 1. The number of methoxy groups -OCH3 is 1. The molecule has 1 heterocycles. The smallest absolute Gasteiger partial charge is 0.340 e. The lowest BCUT2D eigenvalue weighted by Gasteiger charge is -2.13. The van der Waals surface area contributed by atoms with Gasteiger partial charge < -0.3 is 14.8 Å². The van der Waals surface area contributed by atoms with Crippen molar-refractivity contribution in [3.63, 3.8) is 0 Å². The Kier molecular flexibility index (Phi) is 6.44. The largest absolute Gasteiger partial charge is 0.497 e. The molecule has 0 saturated heterocycles. The number of rotatable bonds is 7. The van der Waals surface area contributed by atoms with E-state index in [1.807, 2.05) is 62.4 Å². The third kappa shape index (κ3) is 4.71. The van der Waals surface area contributed by atoms with Crippen LogP contribution < -0.4 is 10.1 Å². The average Bonchev–Trinajstić information content (AvgIpc) is 2.76. The van der Waals surface area contributed by atoms with Crippen molar-refractivity contribution >= 4 is 22.8 Å². The summed E-state index contributed by atoms with van der Waals surface area (Å²) in [6.45, 7) is 3.82. The molecule has 0 unspecified atom stereocenters. The zero-order chi connectivity index (χ0) is 20.8. The molecule has 0 aliphatic rings. The van der Waals surface area contributed by atoms with Crippen LogP contribution in [0.3, 0.4) is 0 Å². The molecule has 0 radical (unpaired) electrons. The number of carbonyl (C=O) groups excluding carboxylic acids is 2. The number of nitrogens with one attached hydrogen (secondary N) is 1. The fourth-order valence-corrected chi connectivity index (χ4v) is 3.17. The van der Waals surface area contributed by atoms with Crippen LogP contribution in [0.4, 0.5) is 0 Å². The zero-order valence-corrected chi connectivity index (χ0v) is 16.8. The minimum atomic E-state index is -0.530. The van der Waals surface area contributed by atoms with Crippen molar-refractivity contribution in [3.05, 3.63) is 70.9 Å². The van der Waals surface area contributed by atoms with Gasteiger partial charge in [0.2, 0.25) is 0 Å². The van der Waals surface area contributed by atoms with Gasteiger partial charge in [-0.1, -0.05) is 37.3 Å². The molecule has 3 aromatic rings. The fourth-order valence-electron chi connectivity index (χ4n) is 3.17. The Balaban J connectivity index is 1.64. The van der Waals surface area contributed by atoms with Crippen LogP contribution in [0, 0.1) is 6.92 Å². The lowest BCUT2D eigenvalue weighted by atomic mass is 10.0. The van der Waals surface area contributed by atoms with Gasteiger partial charge in [0.05, 0.1) is 23.9 Å². The molecule has 0 fully saturated rings. The second kappa shape index (κ2) is 9.19. The molecule has 0 atom stereocenters. The van der Waals surface area contributed by atoms with Crippen LogP contribution in [0.2, 0.25) is 0 Å². The minimum absolute atomic E-state index is 0.343. The number of carbonyl (C=O) groups is 2. The topological polar surface area (TPSA) is 77.5 Å². The number of fused-ring (bicyclic) bond motifs is 1. The Hall–Kier alpha value is -3.41. The summed E-state index contributed by atoms with van der Waals surface area (Å²) < 4.78 is 10.4. The molecule has 1 amide bonds. The average molecular weight is 392 g/mol. The first kappa shape index (κ1) is 20.3. The van der Waals surface area contributed by atoms with Gasteiger partial charge in [0, 0.05) is 11.9 Å². The maximum absolute atomic E-state index is 12.7. The summed E-state index contributed by atoms with van der Waals surface area (Å²) in [7, 11) is 1.60. The van der Waals surface area contributed by atoms with E-state index in [2.05, 4.69) is 10.3 Å². The molecule has 0 spiro atoms. The van der Waals surface area contributed by atoms with Crippen molar-refractivity contribution < 1.29 is 19.1 Å². The summed E-state index contributed by atoms with van der Waals surface area (Å²) in [4.78, 5) is 29.4. The molecule has 150 valence electrons.